The Morgan fingerprint density at radius 3 is 2.57 bits per heavy atom. The third-order valence-corrected chi connectivity index (χ3v) is 4.17. The number of hydrogen-bond donors (Lipinski definition) is 2. The molecular weight excluding hydrogens is 172 g/mol. The predicted octanol–water partition coefficient (Wildman–Crippen LogP) is 1.89. The molecule has 0 amide bonds. The molecule has 82 valence electrons. The summed E-state index contributed by atoms with van der Waals surface area (Å²) in [6.07, 6.45) is 8.50. The minimum absolute atomic E-state index is 0.401. The third kappa shape index (κ3) is 2.29. The average Bonchev–Trinajstić information content (AvgIpc) is 2.23. The van der Waals surface area contributed by atoms with Gasteiger partial charge < -0.3 is 11.1 Å². The molecule has 0 spiro atoms. The zero-order valence-electron chi connectivity index (χ0n) is 9.34. The van der Waals surface area contributed by atoms with Gasteiger partial charge in [-0.2, -0.15) is 0 Å². The van der Waals surface area contributed by atoms with Crippen molar-refractivity contribution in [2.45, 2.75) is 57.5 Å². The van der Waals surface area contributed by atoms with E-state index in [1.54, 1.807) is 0 Å². The Kier molecular flexibility index (Phi) is 3.45. The second-order valence-electron chi connectivity index (χ2n) is 5.25. The average molecular weight is 196 g/mol. The molecule has 14 heavy (non-hydrogen) atoms. The molecule has 3 unspecified atom stereocenters. The van der Waals surface area contributed by atoms with Crippen LogP contribution in [0.25, 0.3) is 0 Å². The third-order valence-electron chi connectivity index (χ3n) is 4.17. The van der Waals surface area contributed by atoms with Crippen molar-refractivity contribution in [3.8, 4) is 0 Å². The van der Waals surface area contributed by atoms with E-state index in [2.05, 4.69) is 12.2 Å². The first-order chi connectivity index (χ1) is 6.77. The summed E-state index contributed by atoms with van der Waals surface area (Å²) in [4.78, 5) is 0. The molecule has 3 atom stereocenters. The van der Waals surface area contributed by atoms with Crippen molar-refractivity contribution in [1.29, 1.82) is 0 Å². The van der Waals surface area contributed by atoms with Gasteiger partial charge in [0.1, 0.15) is 0 Å². The van der Waals surface area contributed by atoms with Gasteiger partial charge in [-0.25, -0.2) is 0 Å². The van der Waals surface area contributed by atoms with Crippen LogP contribution in [0.1, 0.15) is 45.4 Å². The fourth-order valence-corrected chi connectivity index (χ4v) is 3.29. The molecule has 1 saturated heterocycles. The molecule has 0 aromatic carbocycles. The maximum Gasteiger partial charge on any atom is 0.0168 e. The normalized spacial score (nSPS) is 41.1. The molecule has 1 aliphatic carbocycles. The number of nitrogens with two attached hydrogens (primary N) is 1. The lowest BCUT2D eigenvalue weighted by Crippen LogP contribution is -2.51. The second-order valence-corrected chi connectivity index (χ2v) is 5.25. The first-order valence-electron chi connectivity index (χ1n) is 6.26. The van der Waals surface area contributed by atoms with Gasteiger partial charge in [-0.3, -0.25) is 0 Å². The predicted molar refractivity (Wildman–Crippen MR) is 60.1 cm³/mol. The summed E-state index contributed by atoms with van der Waals surface area (Å²) in [6.45, 7) is 3.36. The van der Waals surface area contributed by atoms with Gasteiger partial charge in [-0.1, -0.05) is 32.1 Å². The van der Waals surface area contributed by atoms with Crippen molar-refractivity contribution in [2.75, 3.05) is 6.54 Å². The zero-order valence-corrected chi connectivity index (χ0v) is 9.34. The Morgan fingerprint density at radius 2 is 1.86 bits per heavy atom. The van der Waals surface area contributed by atoms with Gasteiger partial charge in [-0.15, -0.1) is 0 Å². The second kappa shape index (κ2) is 4.63. The van der Waals surface area contributed by atoms with Crippen LogP contribution in [-0.4, -0.2) is 18.6 Å². The van der Waals surface area contributed by atoms with Crippen LogP contribution in [0, 0.1) is 11.8 Å². The van der Waals surface area contributed by atoms with Crippen LogP contribution >= 0.6 is 0 Å². The van der Waals surface area contributed by atoms with Crippen LogP contribution < -0.4 is 11.1 Å². The summed E-state index contributed by atoms with van der Waals surface area (Å²) in [5.41, 5.74) is 6.03. The van der Waals surface area contributed by atoms with Gasteiger partial charge in [0.2, 0.25) is 0 Å². The van der Waals surface area contributed by atoms with Crippen LogP contribution in [0.4, 0.5) is 0 Å². The maximum absolute atomic E-state index is 6.03. The van der Waals surface area contributed by atoms with Crippen LogP contribution in [-0.2, 0) is 0 Å². The van der Waals surface area contributed by atoms with E-state index in [-0.39, 0.29) is 0 Å². The Hall–Kier alpha value is -0.0800. The Balaban J connectivity index is 1.92. The van der Waals surface area contributed by atoms with E-state index in [4.69, 9.17) is 5.73 Å². The van der Waals surface area contributed by atoms with Crippen molar-refractivity contribution < 1.29 is 0 Å². The fourth-order valence-electron chi connectivity index (χ4n) is 3.29. The first-order valence-corrected chi connectivity index (χ1v) is 6.26. The summed E-state index contributed by atoms with van der Waals surface area (Å²) < 4.78 is 0. The van der Waals surface area contributed by atoms with Gasteiger partial charge >= 0.3 is 0 Å². The van der Waals surface area contributed by atoms with Gasteiger partial charge in [0, 0.05) is 18.6 Å². The highest BCUT2D eigenvalue weighted by Crippen LogP contribution is 2.35. The van der Waals surface area contributed by atoms with E-state index in [9.17, 15) is 0 Å². The molecule has 2 heteroatoms. The molecule has 2 rings (SSSR count). The summed E-state index contributed by atoms with van der Waals surface area (Å²) in [7, 11) is 0. The Bertz CT molecular complexity index is 175. The summed E-state index contributed by atoms with van der Waals surface area (Å²) in [6, 6.07) is 1.09. The lowest BCUT2D eigenvalue weighted by molar-refractivity contribution is 0.155. The highest BCUT2D eigenvalue weighted by molar-refractivity contribution is 4.89. The van der Waals surface area contributed by atoms with Crippen LogP contribution in [0.2, 0.25) is 0 Å². The molecule has 1 saturated carbocycles. The molecule has 2 aliphatic rings. The number of nitrogens with one attached hydrogen (secondary N) is 1. The first kappa shape index (κ1) is 10.4. The fraction of sp³-hybridized carbons (Fsp3) is 1.00. The molecule has 1 heterocycles. The molecule has 0 bridgehead atoms. The lowest BCUT2D eigenvalue weighted by atomic mass is 9.73. The van der Waals surface area contributed by atoms with E-state index in [1.165, 1.54) is 38.5 Å². The molecule has 0 aromatic rings. The Labute approximate surface area is 87.6 Å². The minimum atomic E-state index is 0.401. The van der Waals surface area contributed by atoms with Crippen LogP contribution in [0.15, 0.2) is 0 Å². The highest BCUT2D eigenvalue weighted by atomic mass is 15.0. The molecule has 2 fully saturated rings. The Morgan fingerprint density at radius 1 is 1.14 bits per heavy atom. The number of rotatable bonds is 1. The van der Waals surface area contributed by atoms with Crippen molar-refractivity contribution >= 4 is 0 Å². The standard InChI is InChI=1S/C12H24N2/c1-9-12(7-11(13)8-14-9)10-5-3-2-4-6-10/h9-12,14H,2-8,13H2,1H3. The van der Waals surface area contributed by atoms with Gasteiger partial charge in [-0.05, 0) is 25.2 Å². The van der Waals surface area contributed by atoms with Crippen molar-refractivity contribution in [3.63, 3.8) is 0 Å². The summed E-state index contributed by atoms with van der Waals surface area (Å²) >= 11 is 0. The van der Waals surface area contributed by atoms with E-state index in [0.717, 1.165) is 18.4 Å². The van der Waals surface area contributed by atoms with E-state index < -0.39 is 0 Å². The van der Waals surface area contributed by atoms with E-state index in [1.807, 2.05) is 0 Å². The van der Waals surface area contributed by atoms with E-state index in [0.29, 0.717) is 12.1 Å². The SMILES string of the molecule is CC1NCC(N)CC1C1CCCCC1. The quantitative estimate of drug-likeness (QED) is 0.672. The molecule has 0 radical (unpaired) electrons. The van der Waals surface area contributed by atoms with Gasteiger partial charge in [0.05, 0.1) is 0 Å². The number of piperidine rings is 1. The van der Waals surface area contributed by atoms with Crippen LogP contribution in [0.5, 0.6) is 0 Å². The summed E-state index contributed by atoms with van der Waals surface area (Å²) in [5.74, 6) is 1.80. The molecule has 2 nitrogen and oxygen atoms in total. The molecule has 0 aromatic heterocycles. The van der Waals surface area contributed by atoms with Gasteiger partial charge in [0.25, 0.3) is 0 Å². The smallest absolute Gasteiger partial charge is 0.0168 e. The molecule has 1 aliphatic heterocycles. The highest BCUT2D eigenvalue weighted by Gasteiger charge is 2.32. The lowest BCUT2D eigenvalue weighted by Gasteiger charge is -2.40. The number of hydrogen-bond acceptors (Lipinski definition) is 2. The summed E-state index contributed by atoms with van der Waals surface area (Å²) in [5, 5.41) is 3.55. The largest absolute Gasteiger partial charge is 0.327 e. The van der Waals surface area contributed by atoms with Crippen LogP contribution in [0.3, 0.4) is 0 Å². The minimum Gasteiger partial charge on any atom is -0.327 e. The monoisotopic (exact) mass is 196 g/mol. The topological polar surface area (TPSA) is 38.0 Å². The van der Waals surface area contributed by atoms with E-state index >= 15 is 0 Å². The van der Waals surface area contributed by atoms with Gasteiger partial charge in [0.15, 0.2) is 0 Å². The zero-order chi connectivity index (χ0) is 9.97. The van der Waals surface area contributed by atoms with Crippen molar-refractivity contribution in [3.05, 3.63) is 0 Å². The maximum atomic E-state index is 6.03. The van der Waals surface area contributed by atoms with Crippen molar-refractivity contribution in [2.24, 2.45) is 17.6 Å². The molecule has 3 N–H and O–H groups in total. The van der Waals surface area contributed by atoms with Crippen molar-refractivity contribution in [1.82, 2.24) is 5.32 Å². The molecular formula is C12H24N2.